The zero-order valence-electron chi connectivity index (χ0n) is 13.0. The van der Waals surface area contributed by atoms with E-state index in [0.29, 0.717) is 12.2 Å². The second kappa shape index (κ2) is 7.76. The lowest BCUT2D eigenvalue weighted by atomic mass is 10.2. The first-order chi connectivity index (χ1) is 9.65. The third kappa shape index (κ3) is 4.89. The van der Waals surface area contributed by atoms with Gasteiger partial charge in [0.2, 0.25) is 0 Å². The topological polar surface area (TPSA) is 53.2 Å². The van der Waals surface area contributed by atoms with Crippen LogP contribution in [0.1, 0.15) is 37.9 Å². The molecule has 1 aromatic heterocycles. The van der Waals surface area contributed by atoms with Gasteiger partial charge in [-0.05, 0) is 46.7 Å². The highest BCUT2D eigenvalue weighted by Crippen LogP contribution is 2.11. The molecule has 1 saturated heterocycles. The molecule has 114 valence electrons. The summed E-state index contributed by atoms with van der Waals surface area (Å²) in [5, 5.41) is 10.5. The van der Waals surface area contributed by atoms with E-state index >= 15 is 0 Å². The molecule has 2 N–H and O–H groups in total. The van der Waals surface area contributed by atoms with E-state index in [1.165, 1.54) is 24.9 Å². The first-order valence-corrected chi connectivity index (χ1v) is 7.72. The van der Waals surface area contributed by atoms with Crippen LogP contribution in [-0.2, 0) is 11.3 Å². The minimum atomic E-state index is 0.376. The Morgan fingerprint density at radius 1 is 1.35 bits per heavy atom. The van der Waals surface area contributed by atoms with Gasteiger partial charge in [-0.15, -0.1) is 0 Å². The standard InChI is InChI=1S/C15H28N4O/c1-12-10-19(11-13(2)20-12)7-5-4-6-16-8-15-9-17-18-14(15)3/h9,12-13,16H,4-8,10-11H2,1-3H3,(H,17,18)/t12-,13-/m1/s1. The molecule has 0 bridgehead atoms. The maximum absolute atomic E-state index is 5.75. The van der Waals surface area contributed by atoms with E-state index in [1.807, 2.05) is 6.20 Å². The van der Waals surface area contributed by atoms with Crippen LogP contribution in [0.2, 0.25) is 0 Å². The number of unbranched alkanes of at least 4 members (excludes halogenated alkanes) is 1. The summed E-state index contributed by atoms with van der Waals surface area (Å²) in [5.74, 6) is 0. The lowest BCUT2D eigenvalue weighted by molar-refractivity contribution is -0.0681. The molecular formula is C15H28N4O. The van der Waals surface area contributed by atoms with Gasteiger partial charge >= 0.3 is 0 Å². The molecule has 2 heterocycles. The monoisotopic (exact) mass is 280 g/mol. The van der Waals surface area contributed by atoms with Crippen molar-refractivity contribution in [3.05, 3.63) is 17.5 Å². The molecule has 1 aromatic rings. The Morgan fingerprint density at radius 3 is 2.75 bits per heavy atom. The summed E-state index contributed by atoms with van der Waals surface area (Å²) in [5.41, 5.74) is 2.43. The summed E-state index contributed by atoms with van der Waals surface area (Å²) in [6.07, 6.45) is 5.12. The summed E-state index contributed by atoms with van der Waals surface area (Å²) >= 11 is 0. The van der Waals surface area contributed by atoms with Crippen LogP contribution in [0.3, 0.4) is 0 Å². The van der Waals surface area contributed by atoms with Gasteiger partial charge in [-0.25, -0.2) is 0 Å². The van der Waals surface area contributed by atoms with Crippen molar-refractivity contribution in [2.75, 3.05) is 26.2 Å². The largest absolute Gasteiger partial charge is 0.373 e. The zero-order valence-corrected chi connectivity index (χ0v) is 13.0. The summed E-state index contributed by atoms with van der Waals surface area (Å²) in [6.45, 7) is 11.7. The molecule has 0 radical (unpaired) electrons. The van der Waals surface area contributed by atoms with Gasteiger partial charge in [0.1, 0.15) is 0 Å². The number of nitrogens with zero attached hydrogens (tertiary/aromatic N) is 2. The Hall–Kier alpha value is -0.910. The van der Waals surface area contributed by atoms with Crippen molar-refractivity contribution in [3.8, 4) is 0 Å². The molecule has 1 aliphatic heterocycles. The second-order valence-electron chi connectivity index (χ2n) is 5.92. The van der Waals surface area contributed by atoms with E-state index in [0.717, 1.165) is 31.9 Å². The molecule has 0 aromatic carbocycles. The third-order valence-electron chi connectivity index (χ3n) is 3.82. The highest BCUT2D eigenvalue weighted by molar-refractivity contribution is 5.13. The van der Waals surface area contributed by atoms with Crippen LogP contribution < -0.4 is 5.32 Å². The van der Waals surface area contributed by atoms with Crippen molar-refractivity contribution in [2.24, 2.45) is 0 Å². The Labute approximate surface area is 122 Å². The molecule has 1 aliphatic rings. The number of aryl methyl sites for hydroxylation is 1. The first-order valence-electron chi connectivity index (χ1n) is 7.72. The lowest BCUT2D eigenvalue weighted by Crippen LogP contribution is -2.45. The number of ether oxygens (including phenoxy) is 1. The molecule has 0 amide bonds. The molecule has 20 heavy (non-hydrogen) atoms. The van der Waals surface area contributed by atoms with Crippen LogP contribution >= 0.6 is 0 Å². The number of aromatic nitrogens is 2. The second-order valence-corrected chi connectivity index (χ2v) is 5.92. The van der Waals surface area contributed by atoms with Crippen LogP contribution in [-0.4, -0.2) is 53.5 Å². The summed E-state index contributed by atoms with van der Waals surface area (Å²) in [6, 6.07) is 0. The molecular weight excluding hydrogens is 252 g/mol. The van der Waals surface area contributed by atoms with Gasteiger partial charge in [0, 0.05) is 30.9 Å². The smallest absolute Gasteiger partial charge is 0.0678 e. The molecule has 5 nitrogen and oxygen atoms in total. The van der Waals surface area contributed by atoms with Crippen LogP contribution in [0, 0.1) is 6.92 Å². The van der Waals surface area contributed by atoms with Gasteiger partial charge in [-0.1, -0.05) is 0 Å². The van der Waals surface area contributed by atoms with Gasteiger partial charge in [-0.3, -0.25) is 10.00 Å². The number of nitrogens with one attached hydrogen (secondary N) is 2. The van der Waals surface area contributed by atoms with Gasteiger partial charge < -0.3 is 10.1 Å². The minimum Gasteiger partial charge on any atom is -0.373 e. The summed E-state index contributed by atoms with van der Waals surface area (Å²) in [4.78, 5) is 2.53. The predicted octanol–water partition coefficient (Wildman–Crippen LogP) is 1.70. The highest BCUT2D eigenvalue weighted by Gasteiger charge is 2.21. The predicted molar refractivity (Wildman–Crippen MR) is 80.7 cm³/mol. The molecule has 1 fully saturated rings. The van der Waals surface area contributed by atoms with Crippen LogP contribution in [0.5, 0.6) is 0 Å². The maximum Gasteiger partial charge on any atom is 0.0678 e. The average molecular weight is 280 g/mol. The fourth-order valence-electron chi connectivity index (χ4n) is 2.83. The molecule has 0 spiro atoms. The van der Waals surface area contributed by atoms with Gasteiger partial charge in [0.15, 0.2) is 0 Å². The number of hydrogen-bond donors (Lipinski definition) is 2. The van der Waals surface area contributed by atoms with Crippen LogP contribution in [0.4, 0.5) is 0 Å². The Bertz CT molecular complexity index is 383. The van der Waals surface area contributed by atoms with E-state index in [2.05, 4.69) is 41.2 Å². The number of rotatable bonds is 7. The average Bonchev–Trinajstić information content (AvgIpc) is 2.78. The van der Waals surface area contributed by atoms with Crippen molar-refractivity contribution in [3.63, 3.8) is 0 Å². The summed E-state index contributed by atoms with van der Waals surface area (Å²) in [7, 11) is 0. The molecule has 2 atom stereocenters. The van der Waals surface area contributed by atoms with E-state index in [1.54, 1.807) is 0 Å². The van der Waals surface area contributed by atoms with E-state index in [4.69, 9.17) is 4.74 Å². The number of morpholine rings is 1. The Kier molecular flexibility index (Phi) is 6.01. The van der Waals surface area contributed by atoms with Crippen LogP contribution in [0.15, 0.2) is 6.20 Å². The van der Waals surface area contributed by atoms with Gasteiger partial charge in [-0.2, -0.15) is 5.10 Å². The van der Waals surface area contributed by atoms with Crippen molar-refractivity contribution in [2.45, 2.75) is 52.4 Å². The molecule has 2 rings (SSSR count). The maximum atomic E-state index is 5.75. The molecule has 5 heteroatoms. The third-order valence-corrected chi connectivity index (χ3v) is 3.82. The SMILES string of the molecule is Cc1[nH]ncc1CNCCCCN1C[C@@H](C)O[C@H](C)C1. The quantitative estimate of drug-likeness (QED) is 0.746. The zero-order chi connectivity index (χ0) is 14.4. The number of aromatic amines is 1. The van der Waals surface area contributed by atoms with E-state index in [-0.39, 0.29) is 0 Å². The van der Waals surface area contributed by atoms with Crippen LogP contribution in [0.25, 0.3) is 0 Å². The highest BCUT2D eigenvalue weighted by atomic mass is 16.5. The van der Waals surface area contributed by atoms with Crippen molar-refractivity contribution in [1.82, 2.24) is 20.4 Å². The Balaban J connectivity index is 1.52. The minimum absolute atomic E-state index is 0.376. The lowest BCUT2D eigenvalue weighted by Gasteiger charge is -2.35. The first kappa shape index (κ1) is 15.5. The van der Waals surface area contributed by atoms with E-state index < -0.39 is 0 Å². The molecule has 0 saturated carbocycles. The number of H-pyrrole nitrogens is 1. The molecule has 0 unspecified atom stereocenters. The van der Waals surface area contributed by atoms with Gasteiger partial charge in [0.05, 0.1) is 18.4 Å². The van der Waals surface area contributed by atoms with Crippen molar-refractivity contribution in [1.29, 1.82) is 0 Å². The summed E-state index contributed by atoms with van der Waals surface area (Å²) < 4.78 is 5.75. The van der Waals surface area contributed by atoms with E-state index in [9.17, 15) is 0 Å². The fraction of sp³-hybridized carbons (Fsp3) is 0.800. The Morgan fingerprint density at radius 2 is 2.10 bits per heavy atom. The van der Waals surface area contributed by atoms with Crippen molar-refractivity contribution >= 4 is 0 Å². The van der Waals surface area contributed by atoms with Gasteiger partial charge in [0.25, 0.3) is 0 Å². The fourth-order valence-corrected chi connectivity index (χ4v) is 2.83. The number of hydrogen-bond acceptors (Lipinski definition) is 4. The molecule has 0 aliphatic carbocycles. The van der Waals surface area contributed by atoms with Crippen molar-refractivity contribution < 1.29 is 4.74 Å². The normalized spacial score (nSPS) is 24.1.